The summed E-state index contributed by atoms with van der Waals surface area (Å²) < 4.78 is 0. The summed E-state index contributed by atoms with van der Waals surface area (Å²) in [6, 6.07) is 10.3. The predicted molar refractivity (Wildman–Crippen MR) is 138 cm³/mol. The zero-order valence-electron chi connectivity index (χ0n) is 19.8. The van der Waals surface area contributed by atoms with Gasteiger partial charge in [-0.05, 0) is 61.1 Å². The molecule has 2 amide bonds. The largest absolute Gasteiger partial charge is 0.366 e. The van der Waals surface area contributed by atoms with Crippen LogP contribution in [0.3, 0.4) is 0 Å². The van der Waals surface area contributed by atoms with Crippen LogP contribution in [0, 0.1) is 0 Å². The number of carbonyl (C=O) groups excluding carboxylic acids is 2. The monoisotopic (exact) mass is 481 g/mol. The van der Waals surface area contributed by atoms with Gasteiger partial charge in [0.15, 0.2) is 0 Å². The summed E-state index contributed by atoms with van der Waals surface area (Å²) >= 11 is 0. The Hall–Kier alpha value is -4.11. The Balaban J connectivity index is 1.38. The fraction of sp³-hybridized carbons (Fsp3) is 0.296. The second kappa shape index (κ2) is 9.50. The Labute approximate surface area is 208 Å². The Morgan fingerprint density at radius 2 is 1.58 bits per heavy atom. The van der Waals surface area contributed by atoms with E-state index in [0.717, 1.165) is 54.6 Å². The van der Waals surface area contributed by atoms with Gasteiger partial charge in [-0.3, -0.25) is 24.5 Å². The number of aromatic nitrogens is 2. The molecule has 0 spiro atoms. The highest BCUT2D eigenvalue weighted by Gasteiger charge is 2.24. The lowest BCUT2D eigenvalue weighted by molar-refractivity contribution is -0.110. The lowest BCUT2D eigenvalue weighted by Crippen LogP contribution is -2.42. The lowest BCUT2D eigenvalue weighted by atomic mass is 9.90. The summed E-state index contributed by atoms with van der Waals surface area (Å²) in [7, 11) is 0. The van der Waals surface area contributed by atoms with Crippen molar-refractivity contribution in [3.8, 4) is 11.1 Å². The molecule has 4 aliphatic rings. The first-order valence-corrected chi connectivity index (χ1v) is 12.3. The molecule has 5 heterocycles. The van der Waals surface area contributed by atoms with Crippen molar-refractivity contribution in [2.45, 2.75) is 44.3 Å². The maximum absolute atomic E-state index is 13.3. The minimum absolute atomic E-state index is 0.122. The van der Waals surface area contributed by atoms with Crippen LogP contribution in [0.25, 0.3) is 11.1 Å². The highest BCUT2D eigenvalue weighted by molar-refractivity contribution is 6.50. The van der Waals surface area contributed by atoms with Gasteiger partial charge in [0.1, 0.15) is 12.4 Å². The van der Waals surface area contributed by atoms with Crippen molar-refractivity contribution in [3.63, 3.8) is 0 Å². The highest BCUT2D eigenvalue weighted by Crippen LogP contribution is 2.29. The molecular formula is C27H27N7O2. The maximum atomic E-state index is 13.3. The lowest BCUT2D eigenvalue weighted by Gasteiger charge is -2.30. The molecule has 8 bridgehead atoms. The number of rotatable bonds is 0. The third kappa shape index (κ3) is 4.57. The maximum Gasteiger partial charge on any atom is 0.274 e. The third-order valence-electron chi connectivity index (χ3n) is 7.04. The van der Waals surface area contributed by atoms with E-state index in [1.54, 1.807) is 6.07 Å². The number of anilines is 2. The van der Waals surface area contributed by atoms with Gasteiger partial charge in [-0.15, -0.1) is 0 Å². The zero-order chi connectivity index (χ0) is 24.5. The normalized spacial score (nSPS) is 21.5. The van der Waals surface area contributed by atoms with Gasteiger partial charge in [-0.1, -0.05) is 6.07 Å². The molecule has 9 nitrogen and oxygen atoms in total. The average molecular weight is 482 g/mol. The fourth-order valence-electron chi connectivity index (χ4n) is 5.09. The van der Waals surface area contributed by atoms with Crippen LogP contribution in [0.5, 0.6) is 0 Å². The number of hydrogen-bond acceptors (Lipinski definition) is 7. The molecule has 0 atom stereocenters. The van der Waals surface area contributed by atoms with Crippen LogP contribution in [-0.4, -0.2) is 46.2 Å². The molecular weight excluding hydrogens is 454 g/mol. The molecule has 1 fully saturated rings. The number of aliphatic imine (C=N–C) groups is 1. The number of pyridine rings is 2. The van der Waals surface area contributed by atoms with Gasteiger partial charge in [-0.25, -0.2) is 0 Å². The number of benzene rings is 1. The van der Waals surface area contributed by atoms with Crippen LogP contribution in [0.4, 0.5) is 11.4 Å². The summed E-state index contributed by atoms with van der Waals surface area (Å²) in [6.45, 7) is 1.03. The van der Waals surface area contributed by atoms with Crippen LogP contribution in [-0.2, 0) is 11.3 Å². The summed E-state index contributed by atoms with van der Waals surface area (Å²) in [6.07, 6.45) is 10.6. The molecule has 0 radical (unpaired) electrons. The van der Waals surface area contributed by atoms with Crippen LogP contribution < -0.4 is 21.3 Å². The molecule has 36 heavy (non-hydrogen) atoms. The Morgan fingerprint density at radius 3 is 2.47 bits per heavy atom. The van der Waals surface area contributed by atoms with E-state index in [9.17, 15) is 9.59 Å². The first-order valence-electron chi connectivity index (χ1n) is 12.3. The van der Waals surface area contributed by atoms with Crippen molar-refractivity contribution < 1.29 is 9.59 Å². The highest BCUT2D eigenvalue weighted by atomic mass is 16.2. The zero-order valence-corrected chi connectivity index (χ0v) is 19.8. The van der Waals surface area contributed by atoms with Gasteiger partial charge >= 0.3 is 0 Å². The van der Waals surface area contributed by atoms with Gasteiger partial charge in [0, 0.05) is 54.0 Å². The number of nitrogens with zero attached hydrogens (tertiary/aromatic N) is 3. The SMILES string of the molecule is O=C1Nc2cncc(c2)C(=O)NC2CCC(CC2)NCc2cncc(c2)-c2ccc3c(c2)C1=NCN3. The first kappa shape index (κ1) is 22.4. The molecule has 7 rings (SSSR count). The predicted octanol–water partition coefficient (Wildman–Crippen LogP) is 3.10. The number of hydrogen-bond donors (Lipinski definition) is 4. The molecule has 0 unspecified atom stereocenters. The van der Waals surface area contributed by atoms with Crippen molar-refractivity contribution >= 4 is 28.9 Å². The van der Waals surface area contributed by atoms with Crippen molar-refractivity contribution in [3.05, 3.63) is 71.8 Å². The van der Waals surface area contributed by atoms with Gasteiger partial charge in [-0.2, -0.15) is 0 Å². The van der Waals surface area contributed by atoms with Crippen LogP contribution in [0.2, 0.25) is 0 Å². The van der Waals surface area contributed by atoms with Gasteiger partial charge in [0.25, 0.3) is 11.8 Å². The van der Waals surface area contributed by atoms with E-state index in [2.05, 4.69) is 42.3 Å². The van der Waals surface area contributed by atoms with Crippen LogP contribution >= 0.6 is 0 Å². The number of fused-ring (bicyclic) bond motifs is 5. The summed E-state index contributed by atoms with van der Waals surface area (Å²) in [4.78, 5) is 39.3. The van der Waals surface area contributed by atoms with E-state index >= 15 is 0 Å². The standard InChI is InChI=1S/C27H27N7O2/c35-26-19-8-22(14-29-13-19)34-27(36)25-23-9-17(1-6-24(23)31-15-32-25)18-7-16(10-28-12-18)11-30-20-2-4-21(33-26)5-3-20/h1,6-10,12-14,20-21,30-31H,2-5,11,15H2,(H,33,35)(H,34,36). The van der Waals surface area contributed by atoms with Crippen molar-refractivity contribution in [1.82, 2.24) is 20.6 Å². The molecule has 3 aliphatic heterocycles. The number of nitrogens with one attached hydrogen (secondary N) is 4. The molecule has 1 aliphatic carbocycles. The average Bonchev–Trinajstić information content (AvgIpc) is 2.92. The summed E-state index contributed by atoms with van der Waals surface area (Å²) in [5.74, 6) is -0.528. The molecule has 182 valence electrons. The van der Waals surface area contributed by atoms with E-state index < -0.39 is 0 Å². The van der Waals surface area contributed by atoms with Crippen molar-refractivity contribution in [2.75, 3.05) is 17.3 Å². The molecule has 0 saturated heterocycles. The Morgan fingerprint density at radius 1 is 0.778 bits per heavy atom. The number of carbonyl (C=O) groups is 2. The minimum atomic E-state index is -0.349. The summed E-state index contributed by atoms with van der Waals surface area (Å²) in [5, 5.41) is 12.9. The van der Waals surface area contributed by atoms with E-state index in [-0.39, 0.29) is 17.9 Å². The summed E-state index contributed by atoms with van der Waals surface area (Å²) in [5.41, 5.74) is 5.81. The molecule has 2 aromatic heterocycles. The number of amides is 2. The quantitative estimate of drug-likeness (QED) is 0.392. The second-order valence-corrected chi connectivity index (χ2v) is 9.50. The molecule has 3 aromatic rings. The van der Waals surface area contributed by atoms with E-state index in [1.807, 2.05) is 30.6 Å². The van der Waals surface area contributed by atoms with Crippen molar-refractivity contribution in [1.29, 1.82) is 0 Å². The Bertz CT molecular complexity index is 1360. The second-order valence-electron chi connectivity index (χ2n) is 9.50. The Kier molecular flexibility index (Phi) is 5.90. The van der Waals surface area contributed by atoms with Crippen LogP contribution in [0.1, 0.15) is 47.2 Å². The van der Waals surface area contributed by atoms with E-state index in [1.165, 1.54) is 12.4 Å². The van der Waals surface area contributed by atoms with Gasteiger partial charge in [0.2, 0.25) is 0 Å². The molecule has 1 aromatic carbocycles. The van der Waals surface area contributed by atoms with Crippen LogP contribution in [0.15, 0.2) is 60.1 Å². The third-order valence-corrected chi connectivity index (χ3v) is 7.04. The topological polar surface area (TPSA) is 120 Å². The minimum Gasteiger partial charge on any atom is -0.366 e. The molecule has 1 saturated carbocycles. The smallest absolute Gasteiger partial charge is 0.274 e. The molecule has 4 N–H and O–H groups in total. The van der Waals surface area contributed by atoms with E-state index in [0.29, 0.717) is 35.2 Å². The van der Waals surface area contributed by atoms with Gasteiger partial charge in [0.05, 0.1) is 17.4 Å². The van der Waals surface area contributed by atoms with Gasteiger partial charge < -0.3 is 21.3 Å². The van der Waals surface area contributed by atoms with Crippen molar-refractivity contribution in [2.24, 2.45) is 4.99 Å². The fourth-order valence-corrected chi connectivity index (χ4v) is 5.09. The molecule has 9 heteroatoms. The van der Waals surface area contributed by atoms with E-state index in [4.69, 9.17) is 0 Å². The first-order chi connectivity index (χ1) is 17.6.